The number of hydrogen-bond acceptors (Lipinski definition) is 1. The van der Waals surface area contributed by atoms with Crippen LogP contribution in [0.4, 0.5) is 0 Å². The minimum atomic E-state index is 0.0534. The van der Waals surface area contributed by atoms with Crippen LogP contribution >= 0.6 is 0 Å². The van der Waals surface area contributed by atoms with Gasteiger partial charge in [-0.15, -0.1) is 0 Å². The first-order chi connectivity index (χ1) is 9.94. The van der Waals surface area contributed by atoms with Gasteiger partial charge in [-0.1, -0.05) is 38.5 Å². The zero-order valence-corrected chi connectivity index (χ0v) is 13.3. The van der Waals surface area contributed by atoms with Crippen molar-refractivity contribution < 1.29 is 4.79 Å². The Hall–Kier alpha value is -1.11. The van der Waals surface area contributed by atoms with Gasteiger partial charge in [0.25, 0.3) is 0 Å². The predicted octanol–water partition coefficient (Wildman–Crippen LogP) is 4.85. The maximum Gasteiger partial charge on any atom is 0.178 e. The van der Waals surface area contributed by atoms with Gasteiger partial charge in [0.1, 0.15) is 0 Å². The van der Waals surface area contributed by atoms with Gasteiger partial charge < -0.3 is 0 Å². The predicted molar refractivity (Wildman–Crippen MR) is 85.8 cm³/mol. The highest BCUT2D eigenvalue weighted by molar-refractivity contribution is 6.01. The summed E-state index contributed by atoms with van der Waals surface area (Å²) in [4.78, 5) is 11.8. The molecule has 0 aromatic carbocycles. The summed E-state index contributed by atoms with van der Waals surface area (Å²) in [7, 11) is 0. The molecule has 0 N–H and O–H groups in total. The standard InChI is InChI=1S/C20H26O/c1-13-11-15-16-5-4-8-19(16,2)9-7-17(15)20(3)10-6-14(21)12-18(13)20/h6,10,12,15-17H,1,4-5,7-9,11H2,2-3H3/t15?,16?,17?,19-,20+/m0/s1. The van der Waals surface area contributed by atoms with Crippen molar-refractivity contribution in [2.24, 2.45) is 28.6 Å². The van der Waals surface area contributed by atoms with Crippen molar-refractivity contribution in [3.8, 4) is 0 Å². The molecule has 112 valence electrons. The van der Waals surface area contributed by atoms with Gasteiger partial charge in [-0.05, 0) is 73.0 Å². The molecular formula is C20H26O. The summed E-state index contributed by atoms with van der Waals surface area (Å²) >= 11 is 0. The fourth-order valence-electron chi connectivity index (χ4n) is 6.20. The van der Waals surface area contributed by atoms with Gasteiger partial charge >= 0.3 is 0 Å². The van der Waals surface area contributed by atoms with Crippen LogP contribution in [0.1, 0.15) is 52.4 Å². The summed E-state index contributed by atoms with van der Waals surface area (Å²) in [6, 6.07) is 0. The summed E-state index contributed by atoms with van der Waals surface area (Å²) in [5, 5.41) is 0. The third-order valence-electron chi connectivity index (χ3n) is 7.31. The Morgan fingerprint density at radius 3 is 2.81 bits per heavy atom. The van der Waals surface area contributed by atoms with Gasteiger partial charge in [-0.3, -0.25) is 4.79 Å². The quantitative estimate of drug-likeness (QED) is 0.620. The van der Waals surface area contributed by atoms with Gasteiger partial charge in [0, 0.05) is 5.41 Å². The van der Waals surface area contributed by atoms with Crippen molar-refractivity contribution in [1.82, 2.24) is 0 Å². The molecule has 3 unspecified atom stereocenters. The lowest BCUT2D eigenvalue weighted by atomic mass is 9.48. The third kappa shape index (κ3) is 1.73. The van der Waals surface area contributed by atoms with E-state index >= 15 is 0 Å². The van der Waals surface area contributed by atoms with E-state index in [2.05, 4.69) is 26.5 Å². The summed E-state index contributed by atoms with van der Waals surface area (Å²) < 4.78 is 0. The number of carbonyl (C=O) groups excluding carboxylic acids is 1. The van der Waals surface area contributed by atoms with Gasteiger partial charge in [-0.2, -0.15) is 0 Å². The number of allylic oxidation sites excluding steroid dienone is 5. The van der Waals surface area contributed by atoms with E-state index in [1.807, 2.05) is 6.08 Å². The van der Waals surface area contributed by atoms with Crippen molar-refractivity contribution in [3.63, 3.8) is 0 Å². The molecule has 4 aliphatic carbocycles. The second kappa shape index (κ2) is 4.21. The Kier molecular flexibility index (Phi) is 2.72. The first-order valence-corrected chi connectivity index (χ1v) is 8.58. The van der Waals surface area contributed by atoms with Gasteiger partial charge in [0.05, 0.1) is 0 Å². The molecule has 1 heteroatoms. The SMILES string of the molecule is C=C1CC2C3CCC[C@@]3(C)CCC2[C@@]2(C)C=CC(=O)C=C12. The maximum absolute atomic E-state index is 11.8. The van der Waals surface area contributed by atoms with E-state index in [4.69, 9.17) is 0 Å². The molecule has 0 aromatic rings. The number of rotatable bonds is 0. The van der Waals surface area contributed by atoms with Crippen LogP contribution in [0.15, 0.2) is 36.0 Å². The summed E-state index contributed by atoms with van der Waals surface area (Å²) in [6.45, 7) is 9.23. The average Bonchev–Trinajstić information content (AvgIpc) is 2.83. The van der Waals surface area contributed by atoms with Crippen LogP contribution in [0.2, 0.25) is 0 Å². The first-order valence-electron chi connectivity index (χ1n) is 8.58. The van der Waals surface area contributed by atoms with Crippen molar-refractivity contribution in [2.45, 2.75) is 52.4 Å². The van der Waals surface area contributed by atoms with Crippen LogP contribution in [0, 0.1) is 28.6 Å². The monoisotopic (exact) mass is 282 g/mol. The highest BCUT2D eigenvalue weighted by Gasteiger charge is 2.56. The van der Waals surface area contributed by atoms with Crippen molar-refractivity contribution in [3.05, 3.63) is 36.0 Å². The molecule has 0 amide bonds. The lowest BCUT2D eigenvalue weighted by Crippen LogP contribution is -2.48. The fourth-order valence-corrected chi connectivity index (χ4v) is 6.20. The Balaban J connectivity index is 1.77. The molecule has 0 radical (unpaired) electrons. The molecule has 3 fully saturated rings. The Morgan fingerprint density at radius 2 is 2.00 bits per heavy atom. The highest BCUT2D eigenvalue weighted by atomic mass is 16.1. The second-order valence-corrected chi connectivity index (χ2v) is 8.35. The van der Waals surface area contributed by atoms with Crippen LogP contribution in [-0.2, 0) is 4.79 Å². The maximum atomic E-state index is 11.8. The molecule has 3 saturated carbocycles. The van der Waals surface area contributed by atoms with E-state index in [0.717, 1.165) is 18.3 Å². The molecule has 5 atom stereocenters. The lowest BCUT2D eigenvalue weighted by Gasteiger charge is -2.56. The number of fused-ring (bicyclic) bond motifs is 5. The summed E-state index contributed by atoms with van der Waals surface area (Å²) in [5.41, 5.74) is 3.09. The fraction of sp³-hybridized carbons (Fsp3) is 0.650. The zero-order chi connectivity index (χ0) is 14.8. The van der Waals surface area contributed by atoms with Gasteiger partial charge in [-0.25, -0.2) is 0 Å². The van der Waals surface area contributed by atoms with Crippen LogP contribution < -0.4 is 0 Å². The van der Waals surface area contributed by atoms with E-state index < -0.39 is 0 Å². The molecule has 21 heavy (non-hydrogen) atoms. The normalized spacial score (nSPS) is 48.5. The van der Waals surface area contributed by atoms with Crippen molar-refractivity contribution >= 4 is 5.78 Å². The molecule has 0 heterocycles. The van der Waals surface area contributed by atoms with E-state index in [9.17, 15) is 4.79 Å². The minimum absolute atomic E-state index is 0.0534. The van der Waals surface area contributed by atoms with Crippen molar-refractivity contribution in [2.75, 3.05) is 0 Å². The minimum Gasteiger partial charge on any atom is -0.290 e. The molecule has 1 nitrogen and oxygen atoms in total. The van der Waals surface area contributed by atoms with E-state index in [-0.39, 0.29) is 11.2 Å². The molecule has 4 rings (SSSR count). The highest BCUT2D eigenvalue weighted by Crippen LogP contribution is 2.65. The Bertz CT molecular complexity index is 581. The first kappa shape index (κ1) is 13.5. The van der Waals surface area contributed by atoms with Crippen LogP contribution in [-0.4, -0.2) is 5.78 Å². The average molecular weight is 282 g/mol. The van der Waals surface area contributed by atoms with Crippen molar-refractivity contribution in [1.29, 1.82) is 0 Å². The molecule has 0 saturated heterocycles. The Labute approximate surface area is 128 Å². The van der Waals surface area contributed by atoms with Crippen LogP contribution in [0.5, 0.6) is 0 Å². The summed E-state index contributed by atoms with van der Waals surface area (Å²) in [6.07, 6.45) is 13.9. The van der Waals surface area contributed by atoms with E-state index in [1.54, 1.807) is 6.08 Å². The molecule has 0 aromatic heterocycles. The van der Waals surface area contributed by atoms with Crippen LogP contribution in [0.3, 0.4) is 0 Å². The van der Waals surface area contributed by atoms with Crippen LogP contribution in [0.25, 0.3) is 0 Å². The topological polar surface area (TPSA) is 17.1 Å². The second-order valence-electron chi connectivity index (χ2n) is 8.35. The van der Waals surface area contributed by atoms with Gasteiger partial charge in [0.15, 0.2) is 5.78 Å². The van der Waals surface area contributed by atoms with Gasteiger partial charge in [0.2, 0.25) is 0 Å². The number of carbonyl (C=O) groups is 1. The number of ketones is 1. The van der Waals surface area contributed by atoms with E-state index in [0.29, 0.717) is 11.3 Å². The Morgan fingerprint density at radius 1 is 1.19 bits per heavy atom. The largest absolute Gasteiger partial charge is 0.290 e. The molecular weight excluding hydrogens is 256 g/mol. The molecule has 4 aliphatic rings. The van der Waals surface area contributed by atoms with E-state index in [1.165, 1.54) is 43.3 Å². The molecule has 0 spiro atoms. The lowest BCUT2D eigenvalue weighted by molar-refractivity contribution is -0.110. The zero-order valence-electron chi connectivity index (χ0n) is 13.3. The summed E-state index contributed by atoms with van der Waals surface area (Å²) in [5.74, 6) is 2.49. The smallest absolute Gasteiger partial charge is 0.178 e. The molecule has 0 bridgehead atoms. The molecule has 0 aliphatic heterocycles. The third-order valence-corrected chi connectivity index (χ3v) is 7.31. The number of hydrogen-bond donors (Lipinski definition) is 0.